The first-order chi connectivity index (χ1) is 6.76. The van der Waals surface area contributed by atoms with Crippen molar-refractivity contribution in [2.75, 3.05) is 5.75 Å². The van der Waals surface area contributed by atoms with E-state index in [0.29, 0.717) is 5.92 Å². The molecular formula is C13H16S. The smallest absolute Gasteiger partial charge is 0.0212 e. The summed E-state index contributed by atoms with van der Waals surface area (Å²) in [4.78, 5) is 1.34. The topological polar surface area (TPSA) is 0 Å². The molecular weight excluding hydrogens is 188 g/mol. The van der Waals surface area contributed by atoms with Crippen molar-refractivity contribution in [1.82, 2.24) is 0 Å². The van der Waals surface area contributed by atoms with Gasteiger partial charge < -0.3 is 0 Å². The van der Waals surface area contributed by atoms with Crippen molar-refractivity contribution in [3.05, 3.63) is 29.8 Å². The summed E-state index contributed by atoms with van der Waals surface area (Å²) in [6.07, 6.45) is 6.32. The van der Waals surface area contributed by atoms with Crippen molar-refractivity contribution in [2.24, 2.45) is 5.92 Å². The summed E-state index contributed by atoms with van der Waals surface area (Å²) in [5.41, 5.74) is 1.33. The van der Waals surface area contributed by atoms with Gasteiger partial charge in [0.2, 0.25) is 0 Å². The first-order valence-corrected chi connectivity index (χ1v) is 5.92. The standard InChI is InChI=1S/C13H16S/c1-4-11(3)10-12-6-8-13(9-7-12)14-5-2/h1,6-9,11H,5,10H2,2-3H3. The molecule has 0 amide bonds. The summed E-state index contributed by atoms with van der Waals surface area (Å²) < 4.78 is 0. The Morgan fingerprint density at radius 2 is 2.00 bits per heavy atom. The van der Waals surface area contributed by atoms with Gasteiger partial charge in [-0.25, -0.2) is 0 Å². The Labute approximate surface area is 91.1 Å². The van der Waals surface area contributed by atoms with Gasteiger partial charge in [0, 0.05) is 10.8 Å². The zero-order chi connectivity index (χ0) is 10.4. The number of thioether (sulfide) groups is 1. The molecule has 1 aromatic rings. The van der Waals surface area contributed by atoms with E-state index in [1.165, 1.54) is 10.5 Å². The first-order valence-electron chi connectivity index (χ1n) is 4.94. The summed E-state index contributed by atoms with van der Waals surface area (Å²) in [7, 11) is 0. The molecule has 0 nitrogen and oxygen atoms in total. The zero-order valence-electron chi connectivity index (χ0n) is 8.79. The molecule has 0 fully saturated rings. The average molecular weight is 204 g/mol. The molecule has 1 atom stereocenters. The van der Waals surface area contributed by atoms with Gasteiger partial charge in [-0.2, -0.15) is 0 Å². The van der Waals surface area contributed by atoms with Crippen molar-refractivity contribution in [2.45, 2.75) is 25.2 Å². The Bertz CT molecular complexity index is 305. The third-order valence-electron chi connectivity index (χ3n) is 2.06. The average Bonchev–Trinajstić information content (AvgIpc) is 2.21. The van der Waals surface area contributed by atoms with E-state index in [-0.39, 0.29) is 0 Å². The van der Waals surface area contributed by atoms with Crippen LogP contribution in [-0.4, -0.2) is 5.75 Å². The van der Waals surface area contributed by atoms with Crippen LogP contribution in [0.2, 0.25) is 0 Å². The van der Waals surface area contributed by atoms with Crippen LogP contribution < -0.4 is 0 Å². The van der Waals surface area contributed by atoms with Crippen molar-refractivity contribution in [3.63, 3.8) is 0 Å². The lowest BCUT2D eigenvalue weighted by Gasteiger charge is -2.05. The maximum Gasteiger partial charge on any atom is 0.0212 e. The predicted molar refractivity (Wildman–Crippen MR) is 64.5 cm³/mol. The molecule has 0 heterocycles. The number of rotatable bonds is 4. The van der Waals surface area contributed by atoms with Gasteiger partial charge in [-0.05, 0) is 29.9 Å². The summed E-state index contributed by atoms with van der Waals surface area (Å²) in [6, 6.07) is 8.69. The van der Waals surface area contributed by atoms with E-state index in [2.05, 4.69) is 44.0 Å². The summed E-state index contributed by atoms with van der Waals surface area (Å²) >= 11 is 1.87. The highest BCUT2D eigenvalue weighted by atomic mass is 32.2. The Morgan fingerprint density at radius 3 is 2.50 bits per heavy atom. The third-order valence-corrected chi connectivity index (χ3v) is 2.95. The van der Waals surface area contributed by atoms with Crippen LogP contribution in [0.5, 0.6) is 0 Å². The van der Waals surface area contributed by atoms with E-state index in [1.807, 2.05) is 11.8 Å². The van der Waals surface area contributed by atoms with Gasteiger partial charge in [0.15, 0.2) is 0 Å². The summed E-state index contributed by atoms with van der Waals surface area (Å²) in [5, 5.41) is 0. The van der Waals surface area contributed by atoms with Crippen LogP contribution in [0.3, 0.4) is 0 Å². The minimum atomic E-state index is 0.333. The highest BCUT2D eigenvalue weighted by Gasteiger charge is 1.99. The van der Waals surface area contributed by atoms with Crippen molar-refractivity contribution in [3.8, 4) is 12.3 Å². The fourth-order valence-electron chi connectivity index (χ4n) is 1.30. The van der Waals surface area contributed by atoms with Crippen molar-refractivity contribution in [1.29, 1.82) is 0 Å². The van der Waals surface area contributed by atoms with Crippen LogP contribution in [-0.2, 0) is 6.42 Å². The molecule has 1 aromatic carbocycles. The van der Waals surface area contributed by atoms with Gasteiger partial charge in [-0.1, -0.05) is 26.0 Å². The van der Waals surface area contributed by atoms with Crippen molar-refractivity contribution < 1.29 is 0 Å². The van der Waals surface area contributed by atoms with E-state index in [1.54, 1.807) is 0 Å². The van der Waals surface area contributed by atoms with Crippen LogP contribution in [0.25, 0.3) is 0 Å². The molecule has 0 aromatic heterocycles. The second kappa shape index (κ2) is 5.78. The predicted octanol–water partition coefficient (Wildman–Crippen LogP) is 3.61. The van der Waals surface area contributed by atoms with E-state index < -0.39 is 0 Å². The zero-order valence-corrected chi connectivity index (χ0v) is 9.60. The molecule has 0 bridgehead atoms. The Morgan fingerprint density at radius 1 is 1.36 bits per heavy atom. The van der Waals surface area contributed by atoms with Crippen LogP contribution in [0.15, 0.2) is 29.2 Å². The van der Waals surface area contributed by atoms with E-state index in [4.69, 9.17) is 6.42 Å². The fraction of sp³-hybridized carbons (Fsp3) is 0.385. The van der Waals surface area contributed by atoms with Gasteiger partial charge in [-0.15, -0.1) is 24.1 Å². The molecule has 1 unspecified atom stereocenters. The molecule has 0 N–H and O–H groups in total. The van der Waals surface area contributed by atoms with Gasteiger partial charge in [0.1, 0.15) is 0 Å². The second-order valence-corrected chi connectivity index (χ2v) is 4.69. The van der Waals surface area contributed by atoms with Crippen LogP contribution in [0, 0.1) is 18.3 Å². The van der Waals surface area contributed by atoms with E-state index >= 15 is 0 Å². The molecule has 0 spiro atoms. The summed E-state index contributed by atoms with van der Waals surface area (Å²) in [6.45, 7) is 4.24. The number of terminal acetylenes is 1. The fourth-order valence-corrected chi connectivity index (χ4v) is 1.96. The number of hydrogen-bond donors (Lipinski definition) is 0. The monoisotopic (exact) mass is 204 g/mol. The molecule has 1 heteroatoms. The minimum Gasteiger partial charge on any atom is -0.126 e. The van der Waals surface area contributed by atoms with Crippen LogP contribution in [0.1, 0.15) is 19.4 Å². The highest BCUT2D eigenvalue weighted by molar-refractivity contribution is 7.99. The number of hydrogen-bond acceptors (Lipinski definition) is 1. The van der Waals surface area contributed by atoms with E-state index in [0.717, 1.165) is 12.2 Å². The van der Waals surface area contributed by atoms with Crippen LogP contribution in [0.4, 0.5) is 0 Å². The first kappa shape index (κ1) is 11.2. The lowest BCUT2D eigenvalue weighted by atomic mass is 10.0. The molecule has 0 aliphatic rings. The molecule has 1 rings (SSSR count). The maximum absolute atomic E-state index is 5.34. The Kier molecular flexibility index (Phi) is 4.62. The molecule has 0 aliphatic heterocycles. The van der Waals surface area contributed by atoms with Gasteiger partial charge in [0.25, 0.3) is 0 Å². The molecule has 0 saturated heterocycles. The molecule has 0 radical (unpaired) electrons. The molecule has 14 heavy (non-hydrogen) atoms. The van der Waals surface area contributed by atoms with Crippen molar-refractivity contribution >= 4 is 11.8 Å². The minimum absolute atomic E-state index is 0.333. The van der Waals surface area contributed by atoms with E-state index in [9.17, 15) is 0 Å². The molecule has 0 aliphatic carbocycles. The van der Waals surface area contributed by atoms with Crippen LogP contribution >= 0.6 is 11.8 Å². The SMILES string of the molecule is C#CC(C)Cc1ccc(SCC)cc1. The lowest BCUT2D eigenvalue weighted by molar-refractivity contribution is 0.750. The maximum atomic E-state index is 5.34. The lowest BCUT2D eigenvalue weighted by Crippen LogP contribution is -1.95. The Hall–Kier alpha value is -0.870. The number of benzene rings is 1. The quantitative estimate of drug-likeness (QED) is 0.533. The largest absolute Gasteiger partial charge is 0.126 e. The van der Waals surface area contributed by atoms with Gasteiger partial charge in [0.05, 0.1) is 0 Å². The molecule has 74 valence electrons. The summed E-state index contributed by atoms with van der Waals surface area (Å²) in [5.74, 6) is 4.21. The second-order valence-electron chi connectivity index (χ2n) is 3.35. The normalized spacial score (nSPS) is 12.1. The third kappa shape index (κ3) is 3.47. The van der Waals surface area contributed by atoms with Gasteiger partial charge >= 0.3 is 0 Å². The molecule has 0 saturated carbocycles. The Balaban J connectivity index is 2.60. The highest BCUT2D eigenvalue weighted by Crippen LogP contribution is 2.18. The van der Waals surface area contributed by atoms with Gasteiger partial charge in [-0.3, -0.25) is 0 Å².